The Hall–Kier alpha value is -1.26. The van der Waals surface area contributed by atoms with E-state index < -0.39 is 0 Å². The lowest BCUT2D eigenvalue weighted by molar-refractivity contribution is -0.115. The molecule has 24 heavy (non-hydrogen) atoms. The van der Waals surface area contributed by atoms with Crippen molar-refractivity contribution in [1.82, 2.24) is 4.90 Å². The van der Waals surface area contributed by atoms with Crippen molar-refractivity contribution in [3.63, 3.8) is 0 Å². The first-order chi connectivity index (χ1) is 11.3. The molecule has 4 heteroatoms. The van der Waals surface area contributed by atoms with Crippen LogP contribution in [0.1, 0.15) is 33.3 Å². The summed E-state index contributed by atoms with van der Waals surface area (Å²) in [5.74, 6) is 0.996. The van der Waals surface area contributed by atoms with Crippen molar-refractivity contribution in [1.29, 1.82) is 0 Å². The van der Waals surface area contributed by atoms with Gasteiger partial charge in [-0.25, -0.2) is 0 Å². The first kappa shape index (κ1) is 17.6. The van der Waals surface area contributed by atoms with E-state index in [-0.39, 0.29) is 5.41 Å². The molecule has 0 saturated carbocycles. The van der Waals surface area contributed by atoms with Crippen molar-refractivity contribution in [2.75, 3.05) is 57.9 Å². The van der Waals surface area contributed by atoms with Crippen LogP contribution in [-0.2, 0) is 10.2 Å². The number of hydrogen-bond donors (Lipinski definition) is 0. The predicted octanol–water partition coefficient (Wildman–Crippen LogP) is 3.15. The first-order valence-electron chi connectivity index (χ1n) is 9.04. The largest absolute Gasteiger partial charge is 0.495 e. The van der Waals surface area contributed by atoms with Crippen molar-refractivity contribution in [3.8, 4) is 5.75 Å². The van der Waals surface area contributed by atoms with Gasteiger partial charge in [-0.3, -0.25) is 4.90 Å². The number of methoxy groups -OCH3 is 1. The zero-order valence-corrected chi connectivity index (χ0v) is 15.9. The highest BCUT2D eigenvalue weighted by Gasteiger charge is 2.36. The maximum absolute atomic E-state index is 5.70. The zero-order valence-electron chi connectivity index (χ0n) is 15.9. The van der Waals surface area contributed by atoms with E-state index in [1.54, 1.807) is 7.11 Å². The summed E-state index contributed by atoms with van der Waals surface area (Å²) in [6, 6.07) is 6.68. The molecule has 2 aliphatic rings. The Kier molecular flexibility index (Phi) is 4.80. The van der Waals surface area contributed by atoms with E-state index in [0.29, 0.717) is 5.41 Å². The number of ether oxygens (including phenoxy) is 2. The molecule has 0 bridgehead atoms. The fraction of sp³-hybridized carbons (Fsp3) is 0.700. The average molecular weight is 332 g/mol. The molecule has 1 aromatic rings. The summed E-state index contributed by atoms with van der Waals surface area (Å²) in [7, 11) is 1.78. The Balaban J connectivity index is 1.65. The number of anilines is 1. The molecule has 4 nitrogen and oxygen atoms in total. The second kappa shape index (κ2) is 6.57. The lowest BCUT2D eigenvalue weighted by Crippen LogP contribution is -2.54. The van der Waals surface area contributed by atoms with Gasteiger partial charge in [0.2, 0.25) is 0 Å². The summed E-state index contributed by atoms with van der Waals surface area (Å²) < 4.78 is 11.1. The van der Waals surface area contributed by atoms with Gasteiger partial charge in [-0.1, -0.05) is 33.8 Å². The van der Waals surface area contributed by atoms with E-state index >= 15 is 0 Å². The van der Waals surface area contributed by atoms with E-state index in [0.717, 1.165) is 51.7 Å². The molecule has 0 aliphatic carbocycles. The van der Waals surface area contributed by atoms with Gasteiger partial charge in [-0.2, -0.15) is 0 Å². The van der Waals surface area contributed by atoms with Crippen LogP contribution >= 0.6 is 0 Å². The van der Waals surface area contributed by atoms with Gasteiger partial charge in [0, 0.05) is 38.1 Å². The third kappa shape index (κ3) is 3.70. The molecule has 2 heterocycles. The quantitative estimate of drug-likeness (QED) is 0.846. The molecule has 134 valence electrons. The van der Waals surface area contributed by atoms with Crippen LogP contribution in [0.15, 0.2) is 18.2 Å². The molecule has 1 aromatic carbocycles. The summed E-state index contributed by atoms with van der Waals surface area (Å²) in [6.45, 7) is 16.4. The SMILES string of the molecule is COc1cc(C(C)(C)C)ccc1N1CCN(CC2(C)COC2)CC1. The van der Waals surface area contributed by atoms with Crippen molar-refractivity contribution in [2.45, 2.75) is 33.1 Å². The van der Waals surface area contributed by atoms with Gasteiger partial charge in [0.1, 0.15) is 5.75 Å². The van der Waals surface area contributed by atoms with Crippen molar-refractivity contribution >= 4 is 5.69 Å². The zero-order chi connectivity index (χ0) is 17.4. The third-order valence-electron chi connectivity index (χ3n) is 5.27. The summed E-state index contributed by atoms with van der Waals surface area (Å²) in [6.07, 6.45) is 0. The standard InChI is InChI=1S/C20H32N2O2/c1-19(2,3)16-6-7-17(18(12-16)23-5)22-10-8-21(9-11-22)13-20(4)14-24-15-20/h6-7,12H,8-11,13-15H2,1-5H3. The fourth-order valence-electron chi connectivity index (χ4n) is 3.63. The maximum atomic E-state index is 5.70. The molecule has 0 aromatic heterocycles. The molecular formula is C20H32N2O2. The van der Waals surface area contributed by atoms with Gasteiger partial charge in [-0.15, -0.1) is 0 Å². The van der Waals surface area contributed by atoms with E-state index in [1.807, 2.05) is 0 Å². The molecule has 0 N–H and O–H groups in total. The average Bonchev–Trinajstić information content (AvgIpc) is 2.52. The lowest BCUT2D eigenvalue weighted by Gasteiger charge is -2.44. The highest BCUT2D eigenvalue weighted by Crippen LogP contribution is 2.35. The Bertz CT molecular complexity index is 567. The molecular weight excluding hydrogens is 300 g/mol. The maximum Gasteiger partial charge on any atom is 0.142 e. The van der Waals surface area contributed by atoms with Gasteiger partial charge in [0.25, 0.3) is 0 Å². The Labute approximate surface area is 146 Å². The van der Waals surface area contributed by atoms with Gasteiger partial charge in [0.05, 0.1) is 26.0 Å². The monoisotopic (exact) mass is 332 g/mol. The lowest BCUT2D eigenvalue weighted by atomic mass is 9.86. The van der Waals surface area contributed by atoms with Crippen LogP contribution < -0.4 is 9.64 Å². The molecule has 2 fully saturated rings. The minimum Gasteiger partial charge on any atom is -0.495 e. The Morgan fingerprint density at radius 1 is 1.12 bits per heavy atom. The summed E-state index contributed by atoms with van der Waals surface area (Å²) in [5, 5.41) is 0. The fourth-order valence-corrected chi connectivity index (χ4v) is 3.63. The Morgan fingerprint density at radius 2 is 1.79 bits per heavy atom. The van der Waals surface area contributed by atoms with Crippen LogP contribution in [0, 0.1) is 5.41 Å². The van der Waals surface area contributed by atoms with Crippen LogP contribution in [-0.4, -0.2) is 57.9 Å². The number of benzene rings is 1. The molecule has 3 rings (SSSR count). The molecule has 0 amide bonds. The molecule has 2 aliphatic heterocycles. The van der Waals surface area contributed by atoms with Crippen molar-refractivity contribution < 1.29 is 9.47 Å². The van der Waals surface area contributed by atoms with Crippen LogP contribution in [0.3, 0.4) is 0 Å². The van der Waals surface area contributed by atoms with Crippen molar-refractivity contribution in [3.05, 3.63) is 23.8 Å². The number of hydrogen-bond acceptors (Lipinski definition) is 4. The van der Waals surface area contributed by atoms with Gasteiger partial charge in [-0.05, 0) is 23.1 Å². The number of piperazine rings is 1. The van der Waals surface area contributed by atoms with E-state index in [4.69, 9.17) is 9.47 Å². The third-order valence-corrected chi connectivity index (χ3v) is 5.27. The Morgan fingerprint density at radius 3 is 2.29 bits per heavy atom. The second-order valence-electron chi connectivity index (χ2n) is 8.70. The highest BCUT2D eigenvalue weighted by molar-refractivity contribution is 5.60. The summed E-state index contributed by atoms with van der Waals surface area (Å²) in [4.78, 5) is 5.04. The van der Waals surface area contributed by atoms with Gasteiger partial charge >= 0.3 is 0 Å². The van der Waals surface area contributed by atoms with Crippen LogP contribution in [0.4, 0.5) is 5.69 Å². The summed E-state index contributed by atoms with van der Waals surface area (Å²) >= 11 is 0. The first-order valence-corrected chi connectivity index (χ1v) is 9.04. The van der Waals surface area contributed by atoms with E-state index in [1.165, 1.54) is 11.3 Å². The smallest absolute Gasteiger partial charge is 0.142 e. The highest BCUT2D eigenvalue weighted by atomic mass is 16.5. The summed E-state index contributed by atoms with van der Waals surface area (Å²) in [5.41, 5.74) is 3.06. The predicted molar refractivity (Wildman–Crippen MR) is 99.3 cm³/mol. The topological polar surface area (TPSA) is 24.9 Å². The minimum absolute atomic E-state index is 0.144. The van der Waals surface area contributed by atoms with Gasteiger partial charge in [0.15, 0.2) is 0 Å². The van der Waals surface area contributed by atoms with E-state index in [2.05, 4.69) is 55.7 Å². The molecule has 0 radical (unpaired) electrons. The van der Waals surface area contributed by atoms with Crippen LogP contribution in [0.2, 0.25) is 0 Å². The van der Waals surface area contributed by atoms with Crippen LogP contribution in [0.5, 0.6) is 5.75 Å². The normalized spacial score (nSPS) is 21.5. The molecule has 0 unspecified atom stereocenters. The minimum atomic E-state index is 0.144. The molecule has 0 spiro atoms. The van der Waals surface area contributed by atoms with Gasteiger partial charge < -0.3 is 14.4 Å². The number of nitrogens with zero attached hydrogens (tertiary/aromatic N) is 2. The number of rotatable bonds is 4. The van der Waals surface area contributed by atoms with Crippen LogP contribution in [0.25, 0.3) is 0 Å². The second-order valence-corrected chi connectivity index (χ2v) is 8.70. The molecule has 0 atom stereocenters. The van der Waals surface area contributed by atoms with E-state index in [9.17, 15) is 0 Å². The molecule has 2 saturated heterocycles. The van der Waals surface area contributed by atoms with Crippen molar-refractivity contribution in [2.24, 2.45) is 5.41 Å².